The lowest BCUT2D eigenvalue weighted by atomic mass is 9.90. The highest BCUT2D eigenvalue weighted by molar-refractivity contribution is 6.30. The van der Waals surface area contributed by atoms with Crippen molar-refractivity contribution in [2.75, 3.05) is 6.61 Å². The molecule has 0 N–H and O–H groups in total. The van der Waals surface area contributed by atoms with Crippen molar-refractivity contribution >= 4 is 22.6 Å². The lowest BCUT2D eigenvalue weighted by Gasteiger charge is -2.22. The van der Waals surface area contributed by atoms with Gasteiger partial charge in [-0.25, -0.2) is 18.2 Å². The van der Waals surface area contributed by atoms with Gasteiger partial charge in [0.1, 0.15) is 17.4 Å². The Morgan fingerprint density at radius 3 is 2.50 bits per heavy atom. The molecular formula is C28H23ClF3N3O. The SMILES string of the molecule is N#Cc1ccc(Cn2c(-c3ccc(Cl)cc3OCC3CCCCC3)nc3cc(F)c(F)cc32)c(F)c1. The monoisotopic (exact) mass is 509 g/mol. The molecule has 0 radical (unpaired) electrons. The average Bonchev–Trinajstić information content (AvgIpc) is 3.21. The fourth-order valence-corrected chi connectivity index (χ4v) is 4.93. The van der Waals surface area contributed by atoms with Crippen LogP contribution in [0.15, 0.2) is 48.5 Å². The first kappa shape index (κ1) is 24.2. The van der Waals surface area contributed by atoms with Crippen LogP contribution in [0.3, 0.4) is 0 Å². The summed E-state index contributed by atoms with van der Waals surface area (Å²) in [6, 6.07) is 13.3. The highest BCUT2D eigenvalue weighted by Crippen LogP contribution is 2.36. The molecule has 8 heteroatoms. The maximum atomic E-state index is 14.8. The topological polar surface area (TPSA) is 50.8 Å². The molecule has 0 saturated heterocycles. The Balaban J connectivity index is 1.61. The molecule has 1 aliphatic carbocycles. The Morgan fingerprint density at radius 1 is 0.972 bits per heavy atom. The quantitative estimate of drug-likeness (QED) is 0.268. The molecule has 1 heterocycles. The summed E-state index contributed by atoms with van der Waals surface area (Å²) in [5, 5.41) is 9.55. The Kier molecular flexibility index (Phi) is 6.88. The molecular weight excluding hydrogens is 487 g/mol. The molecule has 3 aromatic carbocycles. The van der Waals surface area contributed by atoms with E-state index >= 15 is 0 Å². The number of halogens is 4. The van der Waals surface area contributed by atoms with Crippen LogP contribution in [0.1, 0.15) is 43.2 Å². The van der Waals surface area contributed by atoms with Crippen molar-refractivity contribution in [2.45, 2.75) is 38.6 Å². The lowest BCUT2D eigenvalue weighted by molar-refractivity contribution is 0.209. The number of nitriles is 1. The normalized spacial score (nSPS) is 14.2. The van der Waals surface area contributed by atoms with E-state index in [4.69, 9.17) is 21.6 Å². The van der Waals surface area contributed by atoms with E-state index in [0.717, 1.165) is 31.0 Å². The highest BCUT2D eigenvalue weighted by atomic mass is 35.5. The zero-order chi connectivity index (χ0) is 25.2. The van der Waals surface area contributed by atoms with E-state index in [-0.39, 0.29) is 23.2 Å². The van der Waals surface area contributed by atoms with Gasteiger partial charge in [-0.15, -0.1) is 0 Å². The number of imidazole rings is 1. The van der Waals surface area contributed by atoms with Crippen molar-refractivity contribution in [2.24, 2.45) is 5.92 Å². The predicted molar refractivity (Wildman–Crippen MR) is 132 cm³/mol. The Labute approximate surface area is 211 Å². The zero-order valence-electron chi connectivity index (χ0n) is 19.4. The molecule has 0 atom stereocenters. The fourth-order valence-electron chi connectivity index (χ4n) is 4.76. The molecule has 4 nitrogen and oxygen atoms in total. The number of nitrogens with zero attached hydrogens (tertiary/aromatic N) is 3. The van der Waals surface area contributed by atoms with E-state index in [2.05, 4.69) is 4.98 Å². The summed E-state index contributed by atoms with van der Waals surface area (Å²) < 4.78 is 51.0. The first-order valence-electron chi connectivity index (χ1n) is 11.9. The molecule has 1 saturated carbocycles. The van der Waals surface area contributed by atoms with Crippen molar-refractivity contribution in [1.29, 1.82) is 5.26 Å². The van der Waals surface area contributed by atoms with Crippen molar-refractivity contribution < 1.29 is 17.9 Å². The van der Waals surface area contributed by atoms with Crippen molar-refractivity contribution in [3.8, 4) is 23.2 Å². The lowest BCUT2D eigenvalue weighted by Crippen LogP contribution is -2.15. The van der Waals surface area contributed by atoms with E-state index in [1.54, 1.807) is 22.8 Å². The van der Waals surface area contributed by atoms with Gasteiger partial charge in [0.25, 0.3) is 0 Å². The van der Waals surface area contributed by atoms with Gasteiger partial charge in [0.15, 0.2) is 11.6 Å². The Hall–Kier alpha value is -3.50. The molecule has 1 aromatic heterocycles. The number of benzene rings is 3. The van der Waals surface area contributed by atoms with Gasteiger partial charge in [-0.3, -0.25) is 0 Å². The van der Waals surface area contributed by atoms with Crippen LogP contribution < -0.4 is 4.74 Å². The van der Waals surface area contributed by atoms with Crippen LogP contribution in [0.5, 0.6) is 5.75 Å². The minimum atomic E-state index is -1.03. The van der Waals surface area contributed by atoms with Crippen LogP contribution in [0, 0.1) is 34.7 Å². The predicted octanol–water partition coefficient (Wildman–Crippen LogP) is 7.65. The first-order valence-corrected chi connectivity index (χ1v) is 12.3. The largest absolute Gasteiger partial charge is 0.492 e. The van der Waals surface area contributed by atoms with E-state index < -0.39 is 17.5 Å². The fraction of sp³-hybridized carbons (Fsp3) is 0.286. The molecule has 0 spiro atoms. The summed E-state index contributed by atoms with van der Waals surface area (Å²) >= 11 is 6.28. The summed E-state index contributed by atoms with van der Waals surface area (Å²) in [5.41, 5.74) is 1.59. The summed E-state index contributed by atoms with van der Waals surface area (Å²) in [4.78, 5) is 4.59. The first-order chi connectivity index (χ1) is 17.4. The number of hydrogen-bond donors (Lipinski definition) is 0. The molecule has 0 bridgehead atoms. The Bertz CT molecular complexity index is 1470. The molecule has 184 valence electrons. The van der Waals surface area contributed by atoms with Gasteiger partial charge in [-0.1, -0.05) is 36.9 Å². The second-order valence-electron chi connectivity index (χ2n) is 9.15. The number of fused-ring (bicyclic) bond motifs is 1. The van der Waals surface area contributed by atoms with Crippen LogP contribution in [-0.2, 0) is 6.54 Å². The van der Waals surface area contributed by atoms with Gasteiger partial charge >= 0.3 is 0 Å². The van der Waals surface area contributed by atoms with Gasteiger partial charge in [-0.2, -0.15) is 5.26 Å². The third-order valence-corrected chi connectivity index (χ3v) is 6.92. The van der Waals surface area contributed by atoms with Crippen molar-refractivity contribution in [3.05, 3.63) is 82.1 Å². The molecule has 5 rings (SSSR count). The van der Waals surface area contributed by atoms with Gasteiger partial charge in [0.2, 0.25) is 0 Å². The van der Waals surface area contributed by atoms with Crippen LogP contribution in [0.4, 0.5) is 13.2 Å². The van der Waals surface area contributed by atoms with Gasteiger partial charge < -0.3 is 9.30 Å². The molecule has 0 aliphatic heterocycles. The maximum absolute atomic E-state index is 14.8. The minimum absolute atomic E-state index is 0.0147. The van der Waals surface area contributed by atoms with Crippen LogP contribution in [0.2, 0.25) is 5.02 Å². The summed E-state index contributed by atoms with van der Waals surface area (Å²) in [6.07, 6.45) is 5.80. The van der Waals surface area contributed by atoms with Crippen LogP contribution >= 0.6 is 11.6 Å². The second-order valence-corrected chi connectivity index (χ2v) is 9.59. The van der Waals surface area contributed by atoms with E-state index in [1.165, 1.54) is 31.4 Å². The van der Waals surface area contributed by atoms with Crippen LogP contribution in [0.25, 0.3) is 22.4 Å². The molecule has 1 fully saturated rings. The standard InChI is InChI=1S/C28H23ClF3N3O/c29-20-8-9-21(27(11-20)36-16-17-4-2-1-3-5-17)28-34-25-12-23(31)24(32)13-26(25)35(28)15-19-7-6-18(14-33)10-22(19)30/h6-13,17H,1-5,15-16H2. The third-order valence-electron chi connectivity index (χ3n) is 6.68. The molecule has 36 heavy (non-hydrogen) atoms. The van der Waals surface area contributed by atoms with E-state index in [0.29, 0.717) is 40.2 Å². The number of aromatic nitrogens is 2. The maximum Gasteiger partial charge on any atom is 0.161 e. The zero-order valence-corrected chi connectivity index (χ0v) is 20.2. The minimum Gasteiger partial charge on any atom is -0.492 e. The molecule has 0 amide bonds. The average molecular weight is 510 g/mol. The summed E-state index contributed by atoms with van der Waals surface area (Å²) in [6.45, 7) is 0.514. The van der Waals surface area contributed by atoms with Crippen molar-refractivity contribution in [1.82, 2.24) is 9.55 Å². The number of hydrogen-bond acceptors (Lipinski definition) is 3. The van der Waals surface area contributed by atoms with E-state index in [1.807, 2.05) is 6.07 Å². The molecule has 1 aliphatic rings. The smallest absolute Gasteiger partial charge is 0.161 e. The second kappa shape index (κ2) is 10.2. The van der Waals surface area contributed by atoms with E-state index in [9.17, 15) is 13.2 Å². The summed E-state index contributed by atoms with van der Waals surface area (Å²) in [7, 11) is 0. The van der Waals surface area contributed by atoms with Gasteiger partial charge in [-0.05, 0) is 49.1 Å². The summed E-state index contributed by atoms with van der Waals surface area (Å²) in [5.74, 6) is -1.30. The third kappa shape index (κ3) is 4.91. The molecule has 4 aromatic rings. The number of ether oxygens (including phenoxy) is 1. The van der Waals surface area contributed by atoms with Crippen LogP contribution in [-0.4, -0.2) is 16.2 Å². The molecule has 0 unspecified atom stereocenters. The number of rotatable bonds is 6. The van der Waals surface area contributed by atoms with Gasteiger partial charge in [0.05, 0.1) is 41.4 Å². The van der Waals surface area contributed by atoms with Crippen molar-refractivity contribution in [3.63, 3.8) is 0 Å². The Morgan fingerprint density at radius 2 is 1.75 bits per heavy atom. The highest BCUT2D eigenvalue weighted by Gasteiger charge is 2.21. The van der Waals surface area contributed by atoms with Gasteiger partial charge in [0, 0.05) is 22.7 Å².